The standard InChI is InChI=1S/C8H13F3O3/c1-13-7(8(9,10)11)6-4-5(12)2-3-14-6/h5-7,12H,2-4H2,1H3/t5?,6?,7-/m0/s1. The second-order valence-electron chi connectivity index (χ2n) is 3.29. The Morgan fingerprint density at radius 1 is 1.50 bits per heavy atom. The van der Waals surface area contributed by atoms with Gasteiger partial charge in [0.1, 0.15) is 0 Å². The van der Waals surface area contributed by atoms with Crippen LogP contribution in [0.5, 0.6) is 0 Å². The van der Waals surface area contributed by atoms with Crippen LogP contribution >= 0.6 is 0 Å². The minimum atomic E-state index is -4.45. The molecule has 84 valence electrons. The van der Waals surface area contributed by atoms with E-state index in [4.69, 9.17) is 4.74 Å². The average Bonchev–Trinajstić information content (AvgIpc) is 2.02. The van der Waals surface area contributed by atoms with Crippen LogP contribution in [0.3, 0.4) is 0 Å². The number of halogens is 3. The molecule has 1 fully saturated rings. The first-order valence-electron chi connectivity index (χ1n) is 4.34. The van der Waals surface area contributed by atoms with Gasteiger partial charge in [0.15, 0.2) is 6.10 Å². The largest absolute Gasteiger partial charge is 0.417 e. The molecule has 0 aromatic heterocycles. The van der Waals surface area contributed by atoms with Crippen LogP contribution in [0, 0.1) is 0 Å². The molecule has 0 bridgehead atoms. The molecule has 3 nitrogen and oxygen atoms in total. The molecular formula is C8H13F3O3. The molecule has 3 atom stereocenters. The molecule has 0 amide bonds. The number of alkyl halides is 3. The summed E-state index contributed by atoms with van der Waals surface area (Å²) in [5.74, 6) is 0. The Morgan fingerprint density at radius 2 is 2.14 bits per heavy atom. The molecular weight excluding hydrogens is 201 g/mol. The van der Waals surface area contributed by atoms with Crippen molar-refractivity contribution in [2.75, 3.05) is 13.7 Å². The fourth-order valence-corrected chi connectivity index (χ4v) is 1.52. The third kappa shape index (κ3) is 2.83. The second-order valence-corrected chi connectivity index (χ2v) is 3.29. The highest BCUT2D eigenvalue weighted by Crippen LogP contribution is 2.30. The molecule has 1 aliphatic rings. The van der Waals surface area contributed by atoms with Gasteiger partial charge in [-0.3, -0.25) is 0 Å². The zero-order valence-corrected chi connectivity index (χ0v) is 7.75. The predicted octanol–water partition coefficient (Wildman–Crippen LogP) is 1.10. The van der Waals surface area contributed by atoms with Crippen LogP contribution in [-0.2, 0) is 9.47 Å². The van der Waals surface area contributed by atoms with Gasteiger partial charge in [0.25, 0.3) is 0 Å². The third-order valence-corrected chi connectivity index (χ3v) is 2.20. The van der Waals surface area contributed by atoms with Gasteiger partial charge < -0.3 is 14.6 Å². The average molecular weight is 214 g/mol. The topological polar surface area (TPSA) is 38.7 Å². The molecule has 1 N–H and O–H groups in total. The second kappa shape index (κ2) is 4.46. The Balaban J connectivity index is 2.60. The Bertz CT molecular complexity index is 183. The molecule has 1 aliphatic heterocycles. The van der Waals surface area contributed by atoms with E-state index in [1.807, 2.05) is 0 Å². The van der Waals surface area contributed by atoms with Crippen molar-refractivity contribution in [3.63, 3.8) is 0 Å². The Labute approximate surface area is 79.8 Å². The highest BCUT2D eigenvalue weighted by atomic mass is 19.4. The van der Waals surface area contributed by atoms with Gasteiger partial charge in [-0.25, -0.2) is 0 Å². The molecule has 1 heterocycles. The normalized spacial score (nSPS) is 31.5. The summed E-state index contributed by atoms with van der Waals surface area (Å²) in [6.07, 6.45) is -7.87. The van der Waals surface area contributed by atoms with Crippen LogP contribution < -0.4 is 0 Å². The van der Waals surface area contributed by atoms with Crippen LogP contribution in [0.1, 0.15) is 12.8 Å². The number of hydrogen-bond donors (Lipinski definition) is 1. The summed E-state index contributed by atoms with van der Waals surface area (Å²) < 4.78 is 46.3. The van der Waals surface area contributed by atoms with E-state index in [9.17, 15) is 18.3 Å². The fraction of sp³-hybridized carbons (Fsp3) is 1.00. The molecule has 1 saturated heterocycles. The maximum atomic E-state index is 12.3. The van der Waals surface area contributed by atoms with Crippen LogP contribution in [0.2, 0.25) is 0 Å². The van der Waals surface area contributed by atoms with Gasteiger partial charge in [0.05, 0.1) is 12.2 Å². The molecule has 0 aromatic rings. The van der Waals surface area contributed by atoms with E-state index in [0.29, 0.717) is 6.42 Å². The molecule has 0 spiro atoms. The van der Waals surface area contributed by atoms with Crippen LogP contribution in [0.4, 0.5) is 13.2 Å². The molecule has 2 unspecified atom stereocenters. The van der Waals surface area contributed by atoms with E-state index >= 15 is 0 Å². The quantitative estimate of drug-likeness (QED) is 0.748. The van der Waals surface area contributed by atoms with Crippen molar-refractivity contribution >= 4 is 0 Å². The summed E-state index contributed by atoms with van der Waals surface area (Å²) in [4.78, 5) is 0. The lowest BCUT2D eigenvalue weighted by molar-refractivity contribution is -0.254. The summed E-state index contributed by atoms with van der Waals surface area (Å²) >= 11 is 0. The van der Waals surface area contributed by atoms with Crippen molar-refractivity contribution in [3.05, 3.63) is 0 Å². The van der Waals surface area contributed by atoms with Crippen molar-refractivity contribution < 1.29 is 27.8 Å². The van der Waals surface area contributed by atoms with Crippen LogP contribution in [0.25, 0.3) is 0 Å². The van der Waals surface area contributed by atoms with Gasteiger partial charge >= 0.3 is 6.18 Å². The molecule has 1 rings (SSSR count). The number of aliphatic hydroxyl groups is 1. The van der Waals surface area contributed by atoms with Gasteiger partial charge in [-0.05, 0) is 6.42 Å². The van der Waals surface area contributed by atoms with Gasteiger partial charge in [0.2, 0.25) is 0 Å². The summed E-state index contributed by atoms with van der Waals surface area (Å²) in [6.45, 7) is 0.141. The monoisotopic (exact) mass is 214 g/mol. The van der Waals surface area contributed by atoms with Crippen molar-refractivity contribution in [1.82, 2.24) is 0 Å². The first-order valence-corrected chi connectivity index (χ1v) is 4.34. The number of rotatable bonds is 2. The Morgan fingerprint density at radius 3 is 2.57 bits per heavy atom. The zero-order chi connectivity index (χ0) is 10.8. The van der Waals surface area contributed by atoms with Gasteiger partial charge in [-0.2, -0.15) is 13.2 Å². The summed E-state index contributed by atoms with van der Waals surface area (Å²) in [5.41, 5.74) is 0. The van der Waals surface area contributed by atoms with Crippen molar-refractivity contribution in [3.8, 4) is 0 Å². The third-order valence-electron chi connectivity index (χ3n) is 2.20. The Hall–Kier alpha value is -0.330. The van der Waals surface area contributed by atoms with E-state index < -0.39 is 24.5 Å². The summed E-state index contributed by atoms with van der Waals surface area (Å²) in [6, 6.07) is 0. The van der Waals surface area contributed by atoms with Crippen molar-refractivity contribution in [2.24, 2.45) is 0 Å². The number of aliphatic hydroxyl groups excluding tert-OH is 1. The van der Waals surface area contributed by atoms with Gasteiger partial charge in [-0.1, -0.05) is 0 Å². The number of methoxy groups -OCH3 is 1. The number of ether oxygens (including phenoxy) is 2. The maximum absolute atomic E-state index is 12.3. The lowest BCUT2D eigenvalue weighted by Gasteiger charge is -2.32. The molecule has 14 heavy (non-hydrogen) atoms. The first kappa shape index (κ1) is 11.7. The summed E-state index contributed by atoms with van der Waals surface area (Å²) in [7, 11) is 0.989. The fourth-order valence-electron chi connectivity index (χ4n) is 1.52. The molecule has 0 aliphatic carbocycles. The highest BCUT2D eigenvalue weighted by Gasteiger charge is 2.47. The van der Waals surface area contributed by atoms with E-state index in [1.165, 1.54) is 0 Å². The minimum absolute atomic E-state index is 0.0297. The van der Waals surface area contributed by atoms with Gasteiger partial charge in [0, 0.05) is 20.1 Å². The van der Waals surface area contributed by atoms with E-state index in [1.54, 1.807) is 0 Å². The highest BCUT2D eigenvalue weighted by molar-refractivity contribution is 4.82. The van der Waals surface area contributed by atoms with E-state index in [0.717, 1.165) is 7.11 Å². The van der Waals surface area contributed by atoms with E-state index in [-0.39, 0.29) is 13.0 Å². The zero-order valence-electron chi connectivity index (χ0n) is 7.75. The minimum Gasteiger partial charge on any atom is -0.393 e. The van der Waals surface area contributed by atoms with Crippen molar-refractivity contribution in [2.45, 2.75) is 37.3 Å². The maximum Gasteiger partial charge on any atom is 0.417 e. The lowest BCUT2D eigenvalue weighted by Crippen LogP contribution is -2.46. The smallest absolute Gasteiger partial charge is 0.393 e. The summed E-state index contributed by atoms with van der Waals surface area (Å²) in [5, 5.41) is 9.19. The molecule has 0 aromatic carbocycles. The number of hydrogen-bond acceptors (Lipinski definition) is 3. The van der Waals surface area contributed by atoms with Crippen LogP contribution in [-0.4, -0.2) is 43.3 Å². The van der Waals surface area contributed by atoms with Gasteiger partial charge in [-0.15, -0.1) is 0 Å². The SMILES string of the molecule is CO[C@@H](C1CC(O)CCO1)C(F)(F)F. The molecule has 0 radical (unpaired) electrons. The first-order chi connectivity index (χ1) is 6.45. The van der Waals surface area contributed by atoms with E-state index in [2.05, 4.69) is 4.74 Å². The molecule has 6 heteroatoms. The molecule has 0 saturated carbocycles. The lowest BCUT2D eigenvalue weighted by atomic mass is 10.0. The predicted molar refractivity (Wildman–Crippen MR) is 41.8 cm³/mol. The van der Waals surface area contributed by atoms with Crippen LogP contribution in [0.15, 0.2) is 0 Å². The Kier molecular flexibility index (Phi) is 3.74. The van der Waals surface area contributed by atoms with Crippen molar-refractivity contribution in [1.29, 1.82) is 0 Å².